The van der Waals surface area contributed by atoms with Crippen LogP contribution in [-0.4, -0.2) is 20.8 Å². The average molecular weight is 291 g/mol. The van der Waals surface area contributed by atoms with Crippen molar-refractivity contribution in [1.29, 1.82) is 0 Å². The van der Waals surface area contributed by atoms with Gasteiger partial charge in [0, 0.05) is 10.7 Å². The molecule has 1 atom stereocenters. The van der Waals surface area contributed by atoms with E-state index < -0.39 is 14.8 Å². The summed E-state index contributed by atoms with van der Waals surface area (Å²) in [5, 5.41) is 0. The highest BCUT2D eigenvalue weighted by molar-refractivity contribution is 8.13. The van der Waals surface area contributed by atoms with E-state index in [0.717, 1.165) is 5.56 Å². The fourth-order valence-electron chi connectivity index (χ4n) is 1.93. The van der Waals surface area contributed by atoms with Gasteiger partial charge in [-0.2, -0.15) is 0 Å². The fourth-order valence-corrected chi connectivity index (χ4v) is 2.89. The molecular formula is C12H15ClO4S. The molecule has 0 aromatic heterocycles. The second-order valence-corrected chi connectivity index (χ2v) is 7.52. The van der Waals surface area contributed by atoms with Crippen LogP contribution in [0.25, 0.3) is 0 Å². The Labute approximate surface area is 111 Å². The van der Waals surface area contributed by atoms with Crippen LogP contribution in [0.5, 0.6) is 0 Å². The molecule has 1 aromatic rings. The molecule has 1 fully saturated rings. The van der Waals surface area contributed by atoms with Gasteiger partial charge >= 0.3 is 0 Å². The summed E-state index contributed by atoms with van der Waals surface area (Å²) in [6.45, 7) is 4.16. The summed E-state index contributed by atoms with van der Waals surface area (Å²) >= 11 is 0. The largest absolute Gasteiger partial charge is 0.347 e. The zero-order chi connectivity index (χ0) is 13.4. The number of rotatable bonds is 3. The van der Waals surface area contributed by atoms with Crippen LogP contribution in [0.1, 0.15) is 31.1 Å². The fraction of sp³-hybridized carbons (Fsp3) is 0.500. The Hall–Kier alpha value is -0.620. The molecule has 1 aliphatic rings. The third kappa shape index (κ3) is 3.68. The number of ether oxygens (including phenoxy) is 2. The zero-order valence-corrected chi connectivity index (χ0v) is 11.8. The molecule has 0 spiro atoms. The summed E-state index contributed by atoms with van der Waals surface area (Å²) in [5.74, 6) is -0.779. The lowest BCUT2D eigenvalue weighted by molar-refractivity contribution is -0.139. The van der Waals surface area contributed by atoms with Crippen LogP contribution in [-0.2, 0) is 24.3 Å². The van der Waals surface area contributed by atoms with E-state index in [2.05, 4.69) is 0 Å². The third-order valence-electron chi connectivity index (χ3n) is 2.67. The summed E-state index contributed by atoms with van der Waals surface area (Å²) < 4.78 is 33.3. The molecule has 6 heteroatoms. The molecule has 0 radical (unpaired) electrons. The molecule has 100 valence electrons. The number of benzene rings is 1. The zero-order valence-electron chi connectivity index (χ0n) is 10.2. The van der Waals surface area contributed by atoms with E-state index in [1.165, 1.54) is 0 Å². The lowest BCUT2D eigenvalue weighted by Crippen LogP contribution is -2.19. The predicted octanol–water partition coefficient (Wildman–Crippen LogP) is 2.58. The number of halogens is 1. The Morgan fingerprint density at radius 1 is 1.44 bits per heavy atom. The maximum absolute atomic E-state index is 11.0. The topological polar surface area (TPSA) is 52.6 Å². The van der Waals surface area contributed by atoms with Crippen LogP contribution in [0.4, 0.5) is 0 Å². The molecular weight excluding hydrogens is 276 g/mol. The summed E-state index contributed by atoms with van der Waals surface area (Å²) in [5.41, 5.74) is 1.55. The lowest BCUT2D eigenvalue weighted by Gasteiger charge is -2.17. The van der Waals surface area contributed by atoms with Crippen LogP contribution in [0.2, 0.25) is 0 Å². The molecule has 4 nitrogen and oxygen atoms in total. The summed E-state index contributed by atoms with van der Waals surface area (Å²) in [7, 11) is 1.70. The van der Waals surface area contributed by atoms with Crippen molar-refractivity contribution in [2.75, 3.05) is 6.61 Å². The second-order valence-electron chi connectivity index (χ2n) is 4.75. The monoisotopic (exact) mass is 290 g/mol. The normalized spacial score (nSPS) is 23.2. The minimum Gasteiger partial charge on any atom is -0.347 e. The maximum atomic E-state index is 11.0. The Balaban J connectivity index is 2.18. The van der Waals surface area contributed by atoms with E-state index in [0.29, 0.717) is 12.2 Å². The second kappa shape index (κ2) is 4.81. The summed E-state index contributed by atoms with van der Waals surface area (Å²) in [4.78, 5) is 0. The van der Waals surface area contributed by atoms with Gasteiger partial charge in [0.1, 0.15) is 6.10 Å². The van der Waals surface area contributed by atoms with E-state index >= 15 is 0 Å². The SMILES string of the molecule is CC1(C)OCC(c2cccc(CS(=O)(=O)Cl)c2)O1. The Bertz CT molecular complexity index is 539. The Morgan fingerprint density at radius 3 is 2.72 bits per heavy atom. The maximum Gasteiger partial charge on any atom is 0.236 e. The van der Waals surface area contributed by atoms with Gasteiger partial charge in [0.25, 0.3) is 0 Å². The highest BCUT2D eigenvalue weighted by Gasteiger charge is 2.33. The van der Waals surface area contributed by atoms with Crippen LogP contribution in [0.15, 0.2) is 24.3 Å². The quantitative estimate of drug-likeness (QED) is 0.803. The van der Waals surface area contributed by atoms with Gasteiger partial charge in [-0.1, -0.05) is 24.3 Å². The molecule has 0 aliphatic carbocycles. The van der Waals surface area contributed by atoms with E-state index in [-0.39, 0.29) is 11.9 Å². The molecule has 0 bridgehead atoms. The van der Waals surface area contributed by atoms with E-state index in [1.807, 2.05) is 19.9 Å². The first-order valence-electron chi connectivity index (χ1n) is 5.58. The molecule has 0 saturated carbocycles. The van der Waals surface area contributed by atoms with Crippen molar-refractivity contribution in [3.63, 3.8) is 0 Å². The summed E-state index contributed by atoms with van der Waals surface area (Å²) in [6, 6.07) is 7.20. The number of hydrogen-bond acceptors (Lipinski definition) is 4. The van der Waals surface area contributed by atoms with Gasteiger partial charge in [0.15, 0.2) is 5.79 Å². The Kier molecular flexibility index (Phi) is 3.69. The van der Waals surface area contributed by atoms with Crippen molar-refractivity contribution in [2.45, 2.75) is 31.5 Å². The number of hydrogen-bond donors (Lipinski definition) is 0. The molecule has 1 unspecified atom stereocenters. The van der Waals surface area contributed by atoms with Gasteiger partial charge in [0.05, 0.1) is 12.4 Å². The lowest BCUT2D eigenvalue weighted by atomic mass is 10.1. The molecule has 1 aliphatic heterocycles. The standard InChI is InChI=1S/C12H15ClO4S/c1-12(2)16-7-11(17-12)10-5-3-4-9(6-10)8-18(13,14)15/h3-6,11H,7-8H2,1-2H3. The molecule has 1 aromatic carbocycles. The van der Waals surface area contributed by atoms with Gasteiger partial charge in [-0.3, -0.25) is 0 Å². The van der Waals surface area contributed by atoms with Gasteiger partial charge in [-0.05, 0) is 25.0 Å². The van der Waals surface area contributed by atoms with E-state index in [1.54, 1.807) is 18.2 Å². The van der Waals surface area contributed by atoms with Crippen molar-refractivity contribution >= 4 is 19.7 Å². The minimum absolute atomic E-state index is 0.169. The smallest absolute Gasteiger partial charge is 0.236 e. The highest BCUT2D eigenvalue weighted by atomic mass is 35.7. The van der Waals surface area contributed by atoms with E-state index in [9.17, 15) is 8.42 Å². The average Bonchev–Trinajstić information content (AvgIpc) is 2.57. The van der Waals surface area contributed by atoms with Crippen molar-refractivity contribution in [2.24, 2.45) is 0 Å². The van der Waals surface area contributed by atoms with E-state index in [4.69, 9.17) is 20.2 Å². The van der Waals surface area contributed by atoms with Crippen molar-refractivity contribution in [3.05, 3.63) is 35.4 Å². The van der Waals surface area contributed by atoms with Crippen LogP contribution in [0.3, 0.4) is 0 Å². The molecule has 18 heavy (non-hydrogen) atoms. The van der Waals surface area contributed by atoms with Crippen molar-refractivity contribution in [3.8, 4) is 0 Å². The predicted molar refractivity (Wildman–Crippen MR) is 68.8 cm³/mol. The molecule has 1 heterocycles. The van der Waals surface area contributed by atoms with Gasteiger partial charge in [0.2, 0.25) is 9.05 Å². The molecule has 2 rings (SSSR count). The Morgan fingerprint density at radius 2 is 2.17 bits per heavy atom. The molecule has 1 saturated heterocycles. The van der Waals surface area contributed by atoms with Crippen LogP contribution < -0.4 is 0 Å². The molecule has 0 N–H and O–H groups in total. The van der Waals surface area contributed by atoms with Crippen LogP contribution >= 0.6 is 10.7 Å². The first-order valence-corrected chi connectivity index (χ1v) is 8.06. The molecule has 0 amide bonds. The highest BCUT2D eigenvalue weighted by Crippen LogP contribution is 2.33. The van der Waals surface area contributed by atoms with Gasteiger partial charge < -0.3 is 9.47 Å². The van der Waals surface area contributed by atoms with Crippen LogP contribution in [0, 0.1) is 0 Å². The van der Waals surface area contributed by atoms with Crippen molar-refractivity contribution in [1.82, 2.24) is 0 Å². The minimum atomic E-state index is -3.54. The first-order chi connectivity index (χ1) is 8.25. The van der Waals surface area contributed by atoms with Crippen molar-refractivity contribution < 1.29 is 17.9 Å². The summed E-state index contributed by atoms with van der Waals surface area (Å²) in [6.07, 6.45) is -0.169. The van der Waals surface area contributed by atoms with Gasteiger partial charge in [-0.15, -0.1) is 0 Å². The van der Waals surface area contributed by atoms with Gasteiger partial charge in [-0.25, -0.2) is 8.42 Å². The first kappa shape index (κ1) is 13.8. The third-order valence-corrected chi connectivity index (χ3v) is 3.68.